The van der Waals surface area contributed by atoms with Crippen molar-refractivity contribution < 1.29 is 19.4 Å². The number of hydrogen-bond donors (Lipinski definition) is 2. The Kier molecular flexibility index (Phi) is 6.94. The number of hydrogen-bond acceptors (Lipinski definition) is 8. The van der Waals surface area contributed by atoms with Crippen LogP contribution < -0.4 is 15.6 Å². The minimum Gasteiger partial charge on any atom is -0.494 e. The first kappa shape index (κ1) is 23.5. The lowest BCUT2D eigenvalue weighted by molar-refractivity contribution is -0.113. The van der Waals surface area contributed by atoms with E-state index in [4.69, 9.17) is 4.74 Å². The van der Waals surface area contributed by atoms with Crippen LogP contribution in [0.25, 0.3) is 21.1 Å². The Bertz CT molecular complexity index is 1480. The molecule has 0 saturated heterocycles. The lowest BCUT2D eigenvalue weighted by Gasteiger charge is -2.11. The minimum atomic E-state index is -1.11. The largest absolute Gasteiger partial charge is 0.494 e. The van der Waals surface area contributed by atoms with Gasteiger partial charge in [0, 0.05) is 6.54 Å². The zero-order valence-electron chi connectivity index (χ0n) is 18.1. The molecule has 0 unspecified atom stereocenters. The van der Waals surface area contributed by atoms with Gasteiger partial charge in [0.15, 0.2) is 10.3 Å². The summed E-state index contributed by atoms with van der Waals surface area (Å²) in [4.78, 5) is 45.7. The van der Waals surface area contributed by atoms with Crippen LogP contribution in [0.4, 0.5) is 5.13 Å². The fourth-order valence-corrected chi connectivity index (χ4v) is 4.95. The Hall–Kier alpha value is -3.70. The molecule has 2 N–H and O–H groups in total. The number of thioether (sulfide) groups is 1. The van der Waals surface area contributed by atoms with Crippen LogP contribution in [0.3, 0.4) is 0 Å². The Morgan fingerprint density at radius 3 is 2.79 bits per heavy atom. The summed E-state index contributed by atoms with van der Waals surface area (Å²) in [5.41, 5.74) is 0.699. The molecule has 0 aliphatic heterocycles. The third-order valence-electron chi connectivity index (χ3n) is 4.73. The second-order valence-electron chi connectivity index (χ2n) is 7.05. The van der Waals surface area contributed by atoms with E-state index < -0.39 is 5.97 Å². The first-order chi connectivity index (χ1) is 16.4. The van der Waals surface area contributed by atoms with Gasteiger partial charge in [0.25, 0.3) is 5.56 Å². The summed E-state index contributed by atoms with van der Waals surface area (Å²) in [5, 5.41) is 13.1. The van der Waals surface area contributed by atoms with E-state index in [9.17, 15) is 19.5 Å². The fourth-order valence-electron chi connectivity index (χ4n) is 3.23. The van der Waals surface area contributed by atoms with Crippen molar-refractivity contribution in [1.82, 2.24) is 14.5 Å². The van der Waals surface area contributed by atoms with Gasteiger partial charge in [0.05, 0.1) is 39.0 Å². The van der Waals surface area contributed by atoms with E-state index in [2.05, 4.69) is 21.9 Å². The first-order valence-electron chi connectivity index (χ1n) is 10.2. The van der Waals surface area contributed by atoms with Gasteiger partial charge >= 0.3 is 5.97 Å². The summed E-state index contributed by atoms with van der Waals surface area (Å²) >= 11 is 2.41. The topological polar surface area (TPSA) is 123 Å². The third kappa shape index (κ3) is 4.95. The number of nitrogens with zero attached hydrogens (tertiary/aromatic N) is 3. The maximum atomic E-state index is 12.9. The summed E-state index contributed by atoms with van der Waals surface area (Å²) in [6.07, 6.45) is 1.56. The fraction of sp³-hybridized carbons (Fsp3) is 0.174. The molecule has 9 nitrogen and oxygen atoms in total. The molecule has 0 bridgehead atoms. The number of fused-ring (bicyclic) bond motifs is 2. The molecule has 0 saturated carbocycles. The van der Waals surface area contributed by atoms with Crippen molar-refractivity contribution in [1.29, 1.82) is 0 Å². The molecule has 0 atom stereocenters. The summed E-state index contributed by atoms with van der Waals surface area (Å²) in [6, 6.07) is 9.69. The molecule has 174 valence electrons. The number of benzene rings is 2. The lowest BCUT2D eigenvalue weighted by atomic mass is 10.1. The van der Waals surface area contributed by atoms with Crippen LogP contribution in [0.2, 0.25) is 0 Å². The predicted molar refractivity (Wildman–Crippen MR) is 133 cm³/mol. The summed E-state index contributed by atoms with van der Waals surface area (Å²) in [6.45, 7) is 6.34. The smallest absolute Gasteiger partial charge is 0.335 e. The monoisotopic (exact) mass is 496 g/mol. The maximum Gasteiger partial charge on any atom is 0.335 e. The molecule has 4 aromatic rings. The van der Waals surface area contributed by atoms with Crippen LogP contribution >= 0.6 is 23.1 Å². The summed E-state index contributed by atoms with van der Waals surface area (Å²) in [7, 11) is 0. The number of aromatic nitrogens is 3. The van der Waals surface area contributed by atoms with Crippen molar-refractivity contribution in [3.63, 3.8) is 0 Å². The standard InChI is InChI=1S/C23H20N4O5S2/c1-3-9-27-20(29)15-7-5-13(21(30)31)10-17(15)25-23(27)33-12-19(28)26-22-24-16-8-6-14(32-4-2)11-18(16)34-22/h3,5-8,10-11H,1,4,9,12H2,2H3,(H,30,31)(H,24,26,28). The van der Waals surface area contributed by atoms with Crippen molar-refractivity contribution in [2.45, 2.75) is 18.6 Å². The Labute approximate surface area is 202 Å². The number of carbonyl (C=O) groups excluding carboxylic acids is 1. The number of carboxylic acid groups (broad SMARTS) is 1. The van der Waals surface area contributed by atoms with Crippen molar-refractivity contribution in [2.24, 2.45) is 0 Å². The van der Waals surface area contributed by atoms with E-state index in [1.807, 2.05) is 25.1 Å². The maximum absolute atomic E-state index is 12.9. The molecule has 34 heavy (non-hydrogen) atoms. The number of allylic oxidation sites excluding steroid dienone is 1. The van der Waals surface area contributed by atoms with Crippen LogP contribution in [0.15, 0.2) is 59.0 Å². The van der Waals surface area contributed by atoms with Crippen LogP contribution in [0.1, 0.15) is 17.3 Å². The molecular weight excluding hydrogens is 476 g/mol. The quantitative estimate of drug-likeness (QED) is 0.202. The van der Waals surface area contributed by atoms with Crippen LogP contribution in [-0.2, 0) is 11.3 Å². The minimum absolute atomic E-state index is 0.0200. The molecule has 11 heteroatoms. The molecule has 4 rings (SSSR count). The highest BCUT2D eigenvalue weighted by Gasteiger charge is 2.15. The third-order valence-corrected chi connectivity index (χ3v) is 6.64. The number of ether oxygens (including phenoxy) is 1. The van der Waals surface area contributed by atoms with Crippen molar-refractivity contribution in [3.05, 3.63) is 65.0 Å². The number of amides is 1. The van der Waals surface area contributed by atoms with Gasteiger partial charge in [-0.3, -0.25) is 14.2 Å². The molecule has 2 heterocycles. The SMILES string of the molecule is C=CCn1c(SCC(=O)Nc2nc3ccc(OCC)cc3s2)nc2cc(C(=O)O)ccc2c1=O. The molecule has 0 radical (unpaired) electrons. The number of carboxylic acids is 1. The van der Waals surface area contributed by atoms with Gasteiger partial charge in [-0.1, -0.05) is 29.2 Å². The van der Waals surface area contributed by atoms with E-state index >= 15 is 0 Å². The van der Waals surface area contributed by atoms with Gasteiger partial charge in [-0.15, -0.1) is 6.58 Å². The van der Waals surface area contributed by atoms with Gasteiger partial charge in [0.2, 0.25) is 5.91 Å². The van der Waals surface area contributed by atoms with E-state index in [1.165, 1.54) is 34.1 Å². The zero-order chi connectivity index (χ0) is 24.2. The Morgan fingerprint density at radius 1 is 1.24 bits per heavy atom. The predicted octanol–water partition coefficient (Wildman–Crippen LogP) is 4.02. The molecule has 0 aliphatic carbocycles. The molecule has 0 fully saturated rings. The van der Waals surface area contributed by atoms with E-state index in [1.54, 1.807) is 6.08 Å². The highest BCUT2D eigenvalue weighted by molar-refractivity contribution is 7.99. The molecule has 2 aromatic carbocycles. The van der Waals surface area contributed by atoms with Crippen molar-refractivity contribution >= 4 is 61.2 Å². The molecular formula is C23H20N4O5S2. The molecule has 0 spiro atoms. The van der Waals surface area contributed by atoms with Gasteiger partial charge in [0.1, 0.15) is 5.75 Å². The molecule has 1 amide bonds. The van der Waals surface area contributed by atoms with E-state index in [0.717, 1.165) is 27.7 Å². The molecule has 2 aromatic heterocycles. The summed E-state index contributed by atoms with van der Waals surface area (Å²) in [5.74, 6) is -0.710. The van der Waals surface area contributed by atoms with Crippen molar-refractivity contribution in [3.8, 4) is 5.75 Å². The normalized spacial score (nSPS) is 11.0. The van der Waals surface area contributed by atoms with Crippen LogP contribution in [0, 0.1) is 0 Å². The Balaban J connectivity index is 1.54. The number of thiazole rings is 1. The highest BCUT2D eigenvalue weighted by atomic mass is 32.2. The Morgan fingerprint density at radius 2 is 2.06 bits per heavy atom. The van der Waals surface area contributed by atoms with E-state index in [-0.39, 0.29) is 34.8 Å². The number of rotatable bonds is 9. The number of aromatic carboxylic acids is 1. The number of nitrogens with one attached hydrogen (secondary N) is 1. The first-order valence-corrected chi connectivity index (χ1v) is 12.0. The van der Waals surface area contributed by atoms with Crippen LogP contribution in [-0.4, -0.2) is 43.9 Å². The zero-order valence-corrected chi connectivity index (χ0v) is 19.7. The second kappa shape index (κ2) is 10.1. The molecule has 0 aliphatic rings. The van der Waals surface area contributed by atoms with Gasteiger partial charge in [-0.05, 0) is 43.3 Å². The second-order valence-corrected chi connectivity index (χ2v) is 9.03. The summed E-state index contributed by atoms with van der Waals surface area (Å²) < 4.78 is 7.79. The van der Waals surface area contributed by atoms with Gasteiger partial charge < -0.3 is 15.2 Å². The number of anilines is 1. The lowest BCUT2D eigenvalue weighted by Crippen LogP contribution is -2.24. The van der Waals surface area contributed by atoms with Crippen LogP contribution in [0.5, 0.6) is 5.75 Å². The average Bonchev–Trinajstić information content (AvgIpc) is 3.21. The van der Waals surface area contributed by atoms with Gasteiger partial charge in [-0.25, -0.2) is 14.8 Å². The number of carbonyl (C=O) groups is 2. The highest BCUT2D eigenvalue weighted by Crippen LogP contribution is 2.29. The van der Waals surface area contributed by atoms with E-state index in [0.29, 0.717) is 22.3 Å². The van der Waals surface area contributed by atoms with Gasteiger partial charge in [-0.2, -0.15) is 0 Å². The average molecular weight is 497 g/mol. The van der Waals surface area contributed by atoms with Crippen molar-refractivity contribution in [2.75, 3.05) is 17.7 Å².